The van der Waals surface area contributed by atoms with E-state index >= 15 is 0 Å². The quantitative estimate of drug-likeness (QED) is 0.903. The van der Waals surface area contributed by atoms with Gasteiger partial charge in [0.2, 0.25) is 0 Å². The van der Waals surface area contributed by atoms with Gasteiger partial charge in [-0.1, -0.05) is 6.07 Å². The van der Waals surface area contributed by atoms with Crippen LogP contribution in [-0.2, 0) is 11.3 Å². The second kappa shape index (κ2) is 5.97. The fourth-order valence-corrected chi connectivity index (χ4v) is 3.83. The van der Waals surface area contributed by atoms with Crippen LogP contribution < -0.4 is 5.32 Å². The lowest BCUT2D eigenvalue weighted by Gasteiger charge is -2.07. The van der Waals surface area contributed by atoms with Crippen LogP contribution in [-0.4, -0.2) is 19.8 Å². The molecule has 3 rings (SSSR count). The summed E-state index contributed by atoms with van der Waals surface area (Å²) in [7, 11) is 0. The Hall–Kier alpha value is -0.680. The van der Waals surface area contributed by atoms with E-state index in [0.29, 0.717) is 5.92 Å². The average Bonchev–Trinajstić information content (AvgIpc) is 3.12. The standard InChI is InChI=1S/C14H17NOS2/c1-2-14(17-5-1)12-6-13(18-10-12)8-15-7-11-3-4-16-9-11/h1-2,5-6,10-11,15H,3-4,7-9H2. The molecule has 1 fully saturated rings. The summed E-state index contributed by atoms with van der Waals surface area (Å²) in [5.41, 5.74) is 1.36. The highest BCUT2D eigenvalue weighted by Gasteiger charge is 2.14. The van der Waals surface area contributed by atoms with Gasteiger partial charge < -0.3 is 10.1 Å². The predicted octanol–water partition coefficient (Wildman–Crippen LogP) is 3.60. The molecule has 96 valence electrons. The molecule has 0 amide bonds. The van der Waals surface area contributed by atoms with Gasteiger partial charge in [0.05, 0.1) is 6.61 Å². The lowest BCUT2D eigenvalue weighted by atomic mass is 10.1. The fourth-order valence-electron chi connectivity index (χ4n) is 2.19. The van der Waals surface area contributed by atoms with Crippen molar-refractivity contribution in [3.8, 4) is 10.4 Å². The lowest BCUT2D eigenvalue weighted by Crippen LogP contribution is -2.22. The van der Waals surface area contributed by atoms with E-state index in [1.165, 1.54) is 21.7 Å². The Morgan fingerprint density at radius 1 is 1.39 bits per heavy atom. The topological polar surface area (TPSA) is 21.3 Å². The van der Waals surface area contributed by atoms with E-state index in [9.17, 15) is 0 Å². The lowest BCUT2D eigenvalue weighted by molar-refractivity contribution is 0.185. The van der Waals surface area contributed by atoms with E-state index in [2.05, 4.69) is 34.3 Å². The molecule has 0 radical (unpaired) electrons. The highest BCUT2D eigenvalue weighted by atomic mass is 32.1. The molecule has 0 bridgehead atoms. The normalized spacial score (nSPS) is 19.4. The van der Waals surface area contributed by atoms with E-state index < -0.39 is 0 Å². The zero-order chi connectivity index (χ0) is 12.2. The number of hydrogen-bond acceptors (Lipinski definition) is 4. The molecule has 0 saturated carbocycles. The van der Waals surface area contributed by atoms with Crippen molar-refractivity contribution in [2.24, 2.45) is 5.92 Å². The molecule has 0 aromatic carbocycles. The molecule has 1 unspecified atom stereocenters. The van der Waals surface area contributed by atoms with E-state index in [1.807, 2.05) is 11.3 Å². The first-order valence-electron chi connectivity index (χ1n) is 6.31. The highest BCUT2D eigenvalue weighted by molar-refractivity contribution is 7.14. The highest BCUT2D eigenvalue weighted by Crippen LogP contribution is 2.29. The number of nitrogens with one attached hydrogen (secondary N) is 1. The molecule has 3 heterocycles. The molecule has 18 heavy (non-hydrogen) atoms. The smallest absolute Gasteiger partial charge is 0.0507 e. The van der Waals surface area contributed by atoms with E-state index in [1.54, 1.807) is 11.3 Å². The molecular formula is C14H17NOS2. The van der Waals surface area contributed by atoms with Crippen molar-refractivity contribution in [3.63, 3.8) is 0 Å². The van der Waals surface area contributed by atoms with Crippen LogP contribution in [0.5, 0.6) is 0 Å². The van der Waals surface area contributed by atoms with Crippen LogP contribution in [0.2, 0.25) is 0 Å². The Morgan fingerprint density at radius 3 is 3.17 bits per heavy atom. The Balaban J connectivity index is 1.51. The van der Waals surface area contributed by atoms with E-state index in [0.717, 1.165) is 26.3 Å². The predicted molar refractivity (Wildman–Crippen MR) is 78.3 cm³/mol. The van der Waals surface area contributed by atoms with Crippen LogP contribution in [0.3, 0.4) is 0 Å². The van der Waals surface area contributed by atoms with Crippen molar-refractivity contribution >= 4 is 22.7 Å². The minimum atomic E-state index is 0.710. The van der Waals surface area contributed by atoms with Crippen LogP contribution in [0, 0.1) is 5.92 Å². The Bertz CT molecular complexity index is 472. The van der Waals surface area contributed by atoms with Gasteiger partial charge in [0.1, 0.15) is 0 Å². The maximum atomic E-state index is 5.38. The van der Waals surface area contributed by atoms with Crippen LogP contribution >= 0.6 is 22.7 Å². The zero-order valence-corrected chi connectivity index (χ0v) is 11.9. The van der Waals surface area contributed by atoms with Gasteiger partial charge in [-0.25, -0.2) is 0 Å². The summed E-state index contributed by atoms with van der Waals surface area (Å²) in [4.78, 5) is 2.78. The Kier molecular flexibility index (Phi) is 4.10. The second-order valence-corrected chi connectivity index (χ2v) is 6.58. The van der Waals surface area contributed by atoms with Gasteiger partial charge >= 0.3 is 0 Å². The number of ether oxygens (including phenoxy) is 1. The second-order valence-electron chi connectivity index (χ2n) is 4.64. The molecule has 0 aliphatic carbocycles. The van der Waals surface area contributed by atoms with Gasteiger partial charge in [-0.15, -0.1) is 22.7 Å². The van der Waals surface area contributed by atoms with Gasteiger partial charge in [0.25, 0.3) is 0 Å². The van der Waals surface area contributed by atoms with Crippen molar-refractivity contribution in [3.05, 3.63) is 33.8 Å². The average molecular weight is 279 g/mol. The van der Waals surface area contributed by atoms with Gasteiger partial charge in [-0.05, 0) is 35.2 Å². The van der Waals surface area contributed by atoms with Crippen LogP contribution in [0.4, 0.5) is 0 Å². The maximum Gasteiger partial charge on any atom is 0.0507 e. The summed E-state index contributed by atoms with van der Waals surface area (Å²) in [6, 6.07) is 6.59. The largest absolute Gasteiger partial charge is 0.381 e. The maximum absolute atomic E-state index is 5.38. The molecule has 1 saturated heterocycles. The molecule has 2 aromatic rings. The van der Waals surface area contributed by atoms with Gasteiger partial charge in [-0.2, -0.15) is 0 Å². The Morgan fingerprint density at radius 2 is 2.39 bits per heavy atom. The molecule has 2 aromatic heterocycles. The first-order chi connectivity index (χ1) is 8.92. The molecule has 2 nitrogen and oxygen atoms in total. The Labute approximate surface area is 116 Å². The van der Waals surface area contributed by atoms with Crippen LogP contribution in [0.1, 0.15) is 11.3 Å². The van der Waals surface area contributed by atoms with Crippen LogP contribution in [0.25, 0.3) is 10.4 Å². The molecule has 0 spiro atoms. The van der Waals surface area contributed by atoms with E-state index in [-0.39, 0.29) is 0 Å². The third-order valence-corrected chi connectivity index (χ3v) is 5.07. The van der Waals surface area contributed by atoms with Gasteiger partial charge in [0, 0.05) is 35.0 Å². The van der Waals surface area contributed by atoms with Gasteiger partial charge in [-0.3, -0.25) is 0 Å². The zero-order valence-electron chi connectivity index (χ0n) is 10.2. The van der Waals surface area contributed by atoms with Crippen LogP contribution in [0.15, 0.2) is 29.0 Å². The number of hydrogen-bond donors (Lipinski definition) is 1. The minimum Gasteiger partial charge on any atom is -0.381 e. The molecule has 1 aliphatic heterocycles. The molecule has 1 aliphatic rings. The summed E-state index contributed by atoms with van der Waals surface area (Å²) in [6.07, 6.45) is 1.21. The van der Waals surface area contributed by atoms with Gasteiger partial charge in [0.15, 0.2) is 0 Å². The summed E-state index contributed by atoms with van der Waals surface area (Å²) in [5, 5.41) is 7.92. The van der Waals surface area contributed by atoms with Crippen molar-refractivity contribution in [2.75, 3.05) is 19.8 Å². The number of thiophene rings is 2. The van der Waals surface area contributed by atoms with Crippen molar-refractivity contribution in [1.29, 1.82) is 0 Å². The summed E-state index contributed by atoms with van der Waals surface area (Å²) in [5.74, 6) is 0.710. The minimum absolute atomic E-state index is 0.710. The molecule has 4 heteroatoms. The third kappa shape index (κ3) is 3.01. The van der Waals surface area contributed by atoms with Crippen molar-refractivity contribution in [2.45, 2.75) is 13.0 Å². The molecular weight excluding hydrogens is 262 g/mol. The third-order valence-electron chi connectivity index (χ3n) is 3.22. The first kappa shape index (κ1) is 12.4. The number of rotatable bonds is 5. The monoisotopic (exact) mass is 279 g/mol. The molecule has 1 N–H and O–H groups in total. The molecule has 1 atom stereocenters. The summed E-state index contributed by atoms with van der Waals surface area (Å²) < 4.78 is 5.38. The van der Waals surface area contributed by atoms with Crippen molar-refractivity contribution in [1.82, 2.24) is 5.32 Å². The van der Waals surface area contributed by atoms with Crippen molar-refractivity contribution < 1.29 is 4.74 Å². The fraction of sp³-hybridized carbons (Fsp3) is 0.429. The first-order valence-corrected chi connectivity index (χ1v) is 8.07. The SMILES string of the molecule is c1csc(-c2csc(CNCC3CCOC3)c2)c1. The van der Waals surface area contributed by atoms with E-state index in [4.69, 9.17) is 4.74 Å². The summed E-state index contributed by atoms with van der Waals surface area (Å²) in [6.45, 7) is 3.92. The summed E-state index contributed by atoms with van der Waals surface area (Å²) >= 11 is 3.65.